The van der Waals surface area contributed by atoms with Gasteiger partial charge in [-0.15, -0.1) is 11.3 Å². The zero-order chi connectivity index (χ0) is 21.1. The maximum absolute atomic E-state index is 13.0. The molecule has 0 bridgehead atoms. The highest BCUT2D eigenvalue weighted by atomic mass is 79.9. The van der Waals surface area contributed by atoms with Gasteiger partial charge in [-0.25, -0.2) is 0 Å². The minimum Gasteiger partial charge on any atom is -0.497 e. The van der Waals surface area contributed by atoms with Crippen LogP contribution in [-0.4, -0.2) is 24.7 Å². The van der Waals surface area contributed by atoms with Gasteiger partial charge < -0.3 is 19.4 Å². The Morgan fingerprint density at radius 3 is 2.37 bits per heavy atom. The lowest BCUT2D eigenvalue weighted by molar-refractivity contribution is 0.0942. The van der Waals surface area contributed by atoms with Crippen molar-refractivity contribution in [1.82, 2.24) is 9.88 Å². The molecule has 2 heterocycles. The molecule has 1 amide bonds. The molecule has 5 nitrogen and oxygen atoms in total. The third-order valence-electron chi connectivity index (χ3n) is 4.84. The first-order valence-corrected chi connectivity index (χ1v) is 11.0. The highest BCUT2D eigenvalue weighted by Crippen LogP contribution is 2.33. The van der Waals surface area contributed by atoms with Crippen LogP contribution in [0.3, 0.4) is 0 Å². The molecule has 0 aliphatic heterocycles. The highest BCUT2D eigenvalue weighted by molar-refractivity contribution is 9.11. The minimum atomic E-state index is -0.103. The molecule has 4 rings (SSSR count). The lowest BCUT2D eigenvalue weighted by atomic mass is 10.2. The van der Waals surface area contributed by atoms with Crippen LogP contribution in [0.4, 0.5) is 0 Å². The molecule has 0 fully saturated rings. The molecule has 4 aromatic rings. The van der Waals surface area contributed by atoms with E-state index in [1.165, 1.54) is 0 Å². The molecule has 2 aromatic carbocycles. The van der Waals surface area contributed by atoms with Crippen molar-refractivity contribution in [3.8, 4) is 11.5 Å². The van der Waals surface area contributed by atoms with Gasteiger partial charge in [0.2, 0.25) is 0 Å². The number of nitrogens with one attached hydrogen (secondary N) is 1. The second-order valence-corrected chi connectivity index (χ2v) is 9.27. The van der Waals surface area contributed by atoms with Crippen molar-refractivity contribution in [1.29, 1.82) is 0 Å². The first-order chi connectivity index (χ1) is 14.6. The van der Waals surface area contributed by atoms with Crippen LogP contribution in [0, 0.1) is 0 Å². The third kappa shape index (κ3) is 4.37. The molecule has 0 spiro atoms. The van der Waals surface area contributed by atoms with Gasteiger partial charge in [0.05, 0.1) is 28.2 Å². The first-order valence-electron chi connectivity index (χ1n) is 9.40. The van der Waals surface area contributed by atoms with Gasteiger partial charge in [0, 0.05) is 19.2 Å². The SMILES string of the molecule is COc1cc(Cn2c(C(=O)NCc3ccccc3)cc3sc(Br)cc32)cc(OC)c1. The van der Waals surface area contributed by atoms with Gasteiger partial charge in [-0.1, -0.05) is 30.3 Å². The molecule has 0 unspecified atom stereocenters. The largest absolute Gasteiger partial charge is 0.497 e. The Morgan fingerprint density at radius 1 is 1.00 bits per heavy atom. The van der Waals surface area contributed by atoms with E-state index in [0.717, 1.165) is 25.1 Å². The van der Waals surface area contributed by atoms with Crippen LogP contribution in [0.2, 0.25) is 0 Å². The van der Waals surface area contributed by atoms with Crippen molar-refractivity contribution in [3.63, 3.8) is 0 Å². The van der Waals surface area contributed by atoms with Crippen molar-refractivity contribution in [2.75, 3.05) is 14.2 Å². The van der Waals surface area contributed by atoms with Crippen LogP contribution >= 0.6 is 27.3 Å². The molecule has 1 N–H and O–H groups in total. The number of aromatic nitrogens is 1. The quantitative estimate of drug-likeness (QED) is 0.378. The van der Waals surface area contributed by atoms with Gasteiger partial charge in [-0.05, 0) is 51.3 Å². The van der Waals surface area contributed by atoms with Gasteiger partial charge in [-0.2, -0.15) is 0 Å². The van der Waals surface area contributed by atoms with E-state index in [1.807, 2.05) is 65.2 Å². The van der Waals surface area contributed by atoms with Crippen LogP contribution in [0.5, 0.6) is 11.5 Å². The zero-order valence-electron chi connectivity index (χ0n) is 16.6. The first kappa shape index (κ1) is 20.5. The van der Waals surface area contributed by atoms with Crippen molar-refractivity contribution in [2.24, 2.45) is 0 Å². The van der Waals surface area contributed by atoms with Crippen molar-refractivity contribution >= 4 is 43.4 Å². The molecule has 0 saturated carbocycles. The van der Waals surface area contributed by atoms with E-state index in [4.69, 9.17) is 9.47 Å². The Bertz CT molecular complexity index is 1160. The van der Waals surface area contributed by atoms with Gasteiger partial charge in [0.1, 0.15) is 17.2 Å². The lowest BCUT2D eigenvalue weighted by Crippen LogP contribution is -2.25. The standard InChI is InChI=1S/C23H21BrN2O3S/c1-28-17-8-16(9-18(10-17)29-2)14-26-19-12-22(24)30-21(19)11-20(26)23(27)25-13-15-6-4-3-5-7-15/h3-12H,13-14H2,1-2H3,(H,25,27). The lowest BCUT2D eigenvalue weighted by Gasteiger charge is -2.13. The summed E-state index contributed by atoms with van der Waals surface area (Å²) in [7, 11) is 3.26. The van der Waals surface area contributed by atoms with E-state index in [0.29, 0.717) is 30.3 Å². The van der Waals surface area contributed by atoms with Gasteiger partial charge in [0.15, 0.2) is 0 Å². The van der Waals surface area contributed by atoms with Crippen LogP contribution in [0.1, 0.15) is 21.6 Å². The van der Waals surface area contributed by atoms with Crippen LogP contribution in [0.15, 0.2) is 64.5 Å². The number of amides is 1. The molecule has 2 aromatic heterocycles. The number of hydrogen-bond donors (Lipinski definition) is 1. The predicted molar refractivity (Wildman–Crippen MR) is 124 cm³/mol. The summed E-state index contributed by atoms with van der Waals surface area (Å²) in [5, 5.41) is 3.04. The number of carbonyl (C=O) groups is 1. The van der Waals surface area contributed by atoms with E-state index in [1.54, 1.807) is 25.6 Å². The normalized spacial score (nSPS) is 10.9. The average Bonchev–Trinajstić information content (AvgIpc) is 3.29. The summed E-state index contributed by atoms with van der Waals surface area (Å²) in [5.74, 6) is 1.33. The summed E-state index contributed by atoms with van der Waals surface area (Å²) < 4.78 is 14.9. The maximum Gasteiger partial charge on any atom is 0.268 e. The highest BCUT2D eigenvalue weighted by Gasteiger charge is 2.18. The summed E-state index contributed by atoms with van der Waals surface area (Å²) in [4.78, 5) is 13.0. The van der Waals surface area contributed by atoms with Crippen molar-refractivity contribution < 1.29 is 14.3 Å². The molecule has 0 saturated heterocycles. The minimum absolute atomic E-state index is 0.103. The molecular formula is C23H21BrN2O3S. The summed E-state index contributed by atoms with van der Waals surface area (Å²) in [6.07, 6.45) is 0. The Labute approximate surface area is 187 Å². The fraction of sp³-hybridized carbons (Fsp3) is 0.174. The third-order valence-corrected chi connectivity index (χ3v) is 6.41. The van der Waals surface area contributed by atoms with E-state index in [2.05, 4.69) is 21.2 Å². The molecule has 0 atom stereocenters. The van der Waals surface area contributed by atoms with Gasteiger partial charge in [0.25, 0.3) is 5.91 Å². The number of benzene rings is 2. The fourth-order valence-corrected chi connectivity index (χ4v) is 4.94. The number of ether oxygens (including phenoxy) is 2. The second kappa shape index (κ2) is 8.93. The van der Waals surface area contributed by atoms with E-state index in [-0.39, 0.29) is 5.91 Å². The number of halogens is 1. The molecule has 0 aliphatic carbocycles. The van der Waals surface area contributed by atoms with Gasteiger partial charge in [-0.3, -0.25) is 4.79 Å². The Kier molecular flexibility index (Phi) is 6.11. The predicted octanol–water partition coefficient (Wildman–Crippen LogP) is 5.46. The van der Waals surface area contributed by atoms with Gasteiger partial charge >= 0.3 is 0 Å². The molecule has 154 valence electrons. The zero-order valence-corrected chi connectivity index (χ0v) is 19.0. The monoisotopic (exact) mass is 484 g/mol. The Hall–Kier alpha value is -2.77. The van der Waals surface area contributed by atoms with E-state index in [9.17, 15) is 4.79 Å². The summed E-state index contributed by atoms with van der Waals surface area (Å²) in [6.45, 7) is 1.00. The number of methoxy groups -OCH3 is 2. The molecule has 7 heteroatoms. The number of hydrogen-bond acceptors (Lipinski definition) is 4. The second-order valence-electron chi connectivity index (χ2n) is 6.80. The van der Waals surface area contributed by atoms with Crippen molar-refractivity contribution in [2.45, 2.75) is 13.1 Å². The molecule has 30 heavy (non-hydrogen) atoms. The number of carbonyl (C=O) groups excluding carboxylic acids is 1. The molecule has 0 aliphatic rings. The van der Waals surface area contributed by atoms with Crippen molar-refractivity contribution in [3.05, 3.63) is 81.3 Å². The Morgan fingerprint density at radius 2 is 1.70 bits per heavy atom. The van der Waals surface area contributed by atoms with Crippen LogP contribution in [0.25, 0.3) is 10.2 Å². The number of thiophene rings is 1. The maximum atomic E-state index is 13.0. The summed E-state index contributed by atoms with van der Waals surface area (Å²) in [5.41, 5.74) is 3.69. The summed E-state index contributed by atoms with van der Waals surface area (Å²) in [6, 6.07) is 19.6. The molecule has 0 radical (unpaired) electrons. The number of rotatable bonds is 7. The van der Waals surface area contributed by atoms with E-state index < -0.39 is 0 Å². The number of nitrogens with zero attached hydrogens (tertiary/aromatic N) is 1. The smallest absolute Gasteiger partial charge is 0.268 e. The van der Waals surface area contributed by atoms with Crippen LogP contribution in [-0.2, 0) is 13.1 Å². The van der Waals surface area contributed by atoms with E-state index >= 15 is 0 Å². The summed E-state index contributed by atoms with van der Waals surface area (Å²) >= 11 is 5.17. The average molecular weight is 485 g/mol. The fourth-order valence-electron chi connectivity index (χ4n) is 3.38. The Balaban J connectivity index is 1.67. The number of fused-ring (bicyclic) bond motifs is 1. The van der Waals surface area contributed by atoms with Crippen LogP contribution < -0.4 is 14.8 Å². The topological polar surface area (TPSA) is 52.5 Å². The molecular weight excluding hydrogens is 464 g/mol.